The minimum Gasteiger partial charge on any atom is -0.294 e. The lowest BCUT2D eigenvalue weighted by atomic mass is 10.0. The Morgan fingerprint density at radius 2 is 2.23 bits per heavy atom. The van der Waals surface area contributed by atoms with Gasteiger partial charge in [0.25, 0.3) is 0 Å². The monoisotopic (exact) mass is 174 g/mol. The summed E-state index contributed by atoms with van der Waals surface area (Å²) in [5.74, 6) is 0.537. The number of allylic oxidation sites excluding steroid dienone is 6. The first-order valence-electron chi connectivity index (χ1n) is 4.80. The molecule has 2 aliphatic rings. The molecule has 2 aliphatic carbocycles. The van der Waals surface area contributed by atoms with Crippen LogP contribution in [0.15, 0.2) is 34.9 Å². The van der Waals surface area contributed by atoms with E-state index in [4.69, 9.17) is 0 Å². The molecular formula is C12H14O. The van der Waals surface area contributed by atoms with E-state index in [1.54, 1.807) is 0 Å². The van der Waals surface area contributed by atoms with Gasteiger partial charge in [-0.3, -0.25) is 4.79 Å². The number of Topliss-reactive ketones (excluding diaryl/α,β-unsaturated/α-hetero) is 1. The summed E-state index contributed by atoms with van der Waals surface area (Å²) in [6, 6.07) is 0. The molecule has 0 aromatic rings. The number of hydrogen-bond donors (Lipinski definition) is 0. The highest BCUT2D eigenvalue weighted by atomic mass is 16.1. The Morgan fingerprint density at radius 3 is 3.00 bits per heavy atom. The molecular weight excluding hydrogens is 160 g/mol. The van der Waals surface area contributed by atoms with Crippen molar-refractivity contribution in [3.8, 4) is 0 Å². The third-order valence-corrected chi connectivity index (χ3v) is 2.83. The number of ketones is 1. The highest BCUT2D eigenvalue weighted by Crippen LogP contribution is 2.36. The topological polar surface area (TPSA) is 17.1 Å². The Labute approximate surface area is 78.8 Å². The second-order valence-electron chi connectivity index (χ2n) is 3.95. The van der Waals surface area contributed by atoms with Gasteiger partial charge in [-0.1, -0.05) is 30.7 Å². The molecule has 0 N–H and O–H groups in total. The summed E-state index contributed by atoms with van der Waals surface area (Å²) in [7, 11) is 0. The van der Waals surface area contributed by atoms with Gasteiger partial charge in [0, 0.05) is 11.5 Å². The Morgan fingerprint density at radius 1 is 1.46 bits per heavy atom. The van der Waals surface area contributed by atoms with Crippen LogP contribution in [-0.2, 0) is 4.79 Å². The normalized spacial score (nSPS) is 27.4. The molecule has 0 heterocycles. The average molecular weight is 174 g/mol. The van der Waals surface area contributed by atoms with Gasteiger partial charge in [0.2, 0.25) is 0 Å². The van der Waals surface area contributed by atoms with E-state index in [1.165, 1.54) is 11.1 Å². The first kappa shape index (κ1) is 8.49. The zero-order valence-corrected chi connectivity index (χ0v) is 8.13. The Bertz CT molecular complexity index is 342. The van der Waals surface area contributed by atoms with Crippen LogP contribution in [0.2, 0.25) is 0 Å². The van der Waals surface area contributed by atoms with Crippen molar-refractivity contribution >= 4 is 5.78 Å². The third-order valence-electron chi connectivity index (χ3n) is 2.83. The first-order valence-corrected chi connectivity index (χ1v) is 4.80. The third kappa shape index (κ3) is 1.28. The Hall–Kier alpha value is -1.11. The molecule has 1 unspecified atom stereocenters. The fourth-order valence-electron chi connectivity index (χ4n) is 2.10. The largest absolute Gasteiger partial charge is 0.294 e. The summed E-state index contributed by atoms with van der Waals surface area (Å²) in [5.41, 5.74) is 3.48. The van der Waals surface area contributed by atoms with Crippen molar-refractivity contribution in [2.75, 3.05) is 0 Å². The lowest BCUT2D eigenvalue weighted by Crippen LogP contribution is -2.04. The van der Waals surface area contributed by atoms with Crippen LogP contribution < -0.4 is 0 Å². The summed E-state index contributed by atoms with van der Waals surface area (Å²) in [5, 5.41) is 0. The van der Waals surface area contributed by atoms with Crippen molar-refractivity contribution in [2.24, 2.45) is 5.92 Å². The van der Waals surface area contributed by atoms with E-state index in [2.05, 4.69) is 25.2 Å². The van der Waals surface area contributed by atoms with Crippen LogP contribution in [0.3, 0.4) is 0 Å². The predicted molar refractivity (Wildman–Crippen MR) is 53.3 cm³/mol. The number of hydrogen-bond acceptors (Lipinski definition) is 1. The Kier molecular flexibility index (Phi) is 1.95. The van der Waals surface area contributed by atoms with Crippen LogP contribution in [0.25, 0.3) is 0 Å². The van der Waals surface area contributed by atoms with E-state index in [1.807, 2.05) is 6.92 Å². The molecule has 0 aromatic carbocycles. The zero-order valence-electron chi connectivity index (χ0n) is 8.13. The minimum atomic E-state index is 0.197. The van der Waals surface area contributed by atoms with E-state index in [0.717, 1.165) is 18.4 Å². The standard InChI is InChI=1S/C12H14O/c1-8-5-3-4-6-10-7-9(2)12(13)11(8)10/h3-4,6,9H,5,7H2,1-2H3. The van der Waals surface area contributed by atoms with Crippen LogP contribution in [-0.4, -0.2) is 5.78 Å². The van der Waals surface area contributed by atoms with Crippen LogP contribution in [0.5, 0.6) is 0 Å². The van der Waals surface area contributed by atoms with Gasteiger partial charge in [-0.15, -0.1) is 0 Å². The second kappa shape index (κ2) is 2.99. The van der Waals surface area contributed by atoms with E-state index in [9.17, 15) is 4.79 Å². The molecule has 1 saturated carbocycles. The first-order chi connectivity index (χ1) is 6.20. The van der Waals surface area contributed by atoms with Crippen LogP contribution >= 0.6 is 0 Å². The highest BCUT2D eigenvalue weighted by Gasteiger charge is 2.31. The van der Waals surface area contributed by atoms with E-state index < -0.39 is 0 Å². The van der Waals surface area contributed by atoms with Crippen molar-refractivity contribution in [2.45, 2.75) is 26.7 Å². The maximum Gasteiger partial charge on any atom is 0.166 e. The van der Waals surface area contributed by atoms with Crippen molar-refractivity contribution < 1.29 is 4.79 Å². The molecule has 0 spiro atoms. The SMILES string of the molecule is CC1=C2C(=O)C(C)CC2=CC=CC1. The summed E-state index contributed by atoms with van der Waals surface area (Å²) < 4.78 is 0. The summed E-state index contributed by atoms with van der Waals surface area (Å²) in [6.45, 7) is 4.08. The van der Waals surface area contributed by atoms with E-state index in [0.29, 0.717) is 5.78 Å². The number of carbonyl (C=O) groups is 1. The van der Waals surface area contributed by atoms with Crippen molar-refractivity contribution in [3.05, 3.63) is 34.9 Å². The lowest BCUT2D eigenvalue weighted by Gasteiger charge is -2.02. The minimum absolute atomic E-state index is 0.197. The number of carbonyl (C=O) groups excluding carboxylic acids is 1. The van der Waals surface area contributed by atoms with Gasteiger partial charge < -0.3 is 0 Å². The molecule has 0 radical (unpaired) electrons. The quantitative estimate of drug-likeness (QED) is 0.552. The smallest absolute Gasteiger partial charge is 0.166 e. The summed E-state index contributed by atoms with van der Waals surface area (Å²) >= 11 is 0. The van der Waals surface area contributed by atoms with Crippen LogP contribution in [0.4, 0.5) is 0 Å². The number of fused-ring (bicyclic) bond motifs is 1. The lowest BCUT2D eigenvalue weighted by molar-refractivity contribution is -0.117. The van der Waals surface area contributed by atoms with Gasteiger partial charge in [0.15, 0.2) is 5.78 Å². The van der Waals surface area contributed by atoms with Crippen LogP contribution in [0.1, 0.15) is 26.7 Å². The second-order valence-corrected chi connectivity index (χ2v) is 3.95. The molecule has 1 nitrogen and oxygen atoms in total. The van der Waals surface area contributed by atoms with Gasteiger partial charge in [0.1, 0.15) is 0 Å². The molecule has 0 amide bonds. The van der Waals surface area contributed by atoms with E-state index in [-0.39, 0.29) is 5.92 Å². The summed E-state index contributed by atoms with van der Waals surface area (Å²) in [4.78, 5) is 11.8. The number of rotatable bonds is 0. The van der Waals surface area contributed by atoms with E-state index >= 15 is 0 Å². The van der Waals surface area contributed by atoms with Gasteiger partial charge in [0.05, 0.1) is 0 Å². The molecule has 0 aliphatic heterocycles. The molecule has 1 heteroatoms. The van der Waals surface area contributed by atoms with Crippen molar-refractivity contribution in [1.29, 1.82) is 0 Å². The average Bonchev–Trinajstić information content (AvgIpc) is 2.29. The fourth-order valence-corrected chi connectivity index (χ4v) is 2.10. The molecule has 0 aromatic heterocycles. The van der Waals surface area contributed by atoms with Crippen molar-refractivity contribution in [1.82, 2.24) is 0 Å². The zero-order chi connectivity index (χ0) is 9.42. The highest BCUT2D eigenvalue weighted by molar-refractivity contribution is 6.05. The molecule has 0 bridgehead atoms. The fraction of sp³-hybridized carbons (Fsp3) is 0.417. The predicted octanol–water partition coefficient (Wildman–Crippen LogP) is 2.80. The van der Waals surface area contributed by atoms with Gasteiger partial charge in [-0.2, -0.15) is 0 Å². The maximum absolute atomic E-state index is 11.8. The molecule has 2 rings (SSSR count). The van der Waals surface area contributed by atoms with Gasteiger partial charge >= 0.3 is 0 Å². The van der Waals surface area contributed by atoms with Crippen molar-refractivity contribution in [3.63, 3.8) is 0 Å². The molecule has 68 valence electrons. The molecule has 1 fully saturated rings. The maximum atomic E-state index is 11.8. The summed E-state index contributed by atoms with van der Waals surface area (Å²) in [6.07, 6.45) is 8.12. The van der Waals surface area contributed by atoms with Gasteiger partial charge in [-0.25, -0.2) is 0 Å². The Balaban J connectivity index is 2.52. The van der Waals surface area contributed by atoms with Crippen LogP contribution in [0, 0.1) is 5.92 Å². The molecule has 13 heavy (non-hydrogen) atoms. The molecule has 1 atom stereocenters. The molecule has 0 saturated heterocycles. The van der Waals surface area contributed by atoms with Gasteiger partial charge in [-0.05, 0) is 25.3 Å².